The van der Waals surface area contributed by atoms with Crippen molar-refractivity contribution in [2.45, 2.75) is 38.1 Å². The van der Waals surface area contributed by atoms with Crippen molar-refractivity contribution < 1.29 is 18.0 Å². The number of carbonyl (C=O) groups is 2. The van der Waals surface area contributed by atoms with Crippen LogP contribution in [-0.4, -0.2) is 62.2 Å². The fraction of sp³-hybridized carbons (Fsp3) is 0.357. The highest BCUT2D eigenvalue weighted by Crippen LogP contribution is 2.21. The quantitative estimate of drug-likeness (QED) is 0.427. The molecule has 8 heteroatoms. The van der Waals surface area contributed by atoms with Crippen LogP contribution < -0.4 is 5.32 Å². The molecule has 192 valence electrons. The van der Waals surface area contributed by atoms with Crippen LogP contribution in [0.5, 0.6) is 0 Å². The fourth-order valence-corrected chi connectivity index (χ4v) is 5.05. The topological polar surface area (TPSA) is 86.8 Å². The van der Waals surface area contributed by atoms with Crippen molar-refractivity contribution in [3.05, 3.63) is 78.4 Å². The van der Waals surface area contributed by atoms with Gasteiger partial charge in [-0.2, -0.15) is 4.31 Å². The number of benzene rings is 3. The molecule has 36 heavy (non-hydrogen) atoms. The van der Waals surface area contributed by atoms with E-state index in [-0.39, 0.29) is 23.3 Å². The van der Waals surface area contributed by atoms with Gasteiger partial charge in [0.15, 0.2) is 0 Å². The lowest BCUT2D eigenvalue weighted by Gasteiger charge is -2.30. The molecule has 3 aromatic carbocycles. The van der Waals surface area contributed by atoms with Crippen molar-refractivity contribution in [3.63, 3.8) is 0 Å². The summed E-state index contributed by atoms with van der Waals surface area (Å²) >= 11 is 0. The normalized spacial score (nSPS) is 12.6. The Labute approximate surface area is 214 Å². The summed E-state index contributed by atoms with van der Waals surface area (Å²) < 4.78 is 27.6. The van der Waals surface area contributed by atoms with E-state index in [1.54, 1.807) is 25.1 Å². The van der Waals surface area contributed by atoms with Gasteiger partial charge in [-0.3, -0.25) is 9.59 Å². The van der Waals surface area contributed by atoms with Gasteiger partial charge in [0.05, 0.1) is 11.4 Å². The largest absolute Gasteiger partial charge is 0.354 e. The molecule has 0 saturated carbocycles. The highest BCUT2D eigenvalue weighted by molar-refractivity contribution is 7.89. The Morgan fingerprint density at radius 3 is 2.19 bits per heavy atom. The van der Waals surface area contributed by atoms with Gasteiger partial charge in [0.1, 0.15) is 6.04 Å². The number of rotatable bonds is 11. The van der Waals surface area contributed by atoms with Crippen molar-refractivity contribution in [1.29, 1.82) is 0 Å². The van der Waals surface area contributed by atoms with E-state index in [1.165, 1.54) is 11.9 Å². The average molecular weight is 510 g/mol. The van der Waals surface area contributed by atoms with E-state index in [9.17, 15) is 18.0 Å². The van der Waals surface area contributed by atoms with Gasteiger partial charge >= 0.3 is 0 Å². The van der Waals surface area contributed by atoms with E-state index >= 15 is 0 Å². The number of likely N-dealkylation sites (N-methyl/N-ethyl adjacent to an activating group) is 1. The highest BCUT2D eigenvalue weighted by Gasteiger charge is 2.30. The smallest absolute Gasteiger partial charge is 0.243 e. The molecule has 7 nitrogen and oxygen atoms in total. The minimum Gasteiger partial charge on any atom is -0.354 e. The predicted molar refractivity (Wildman–Crippen MR) is 143 cm³/mol. The Balaban J connectivity index is 1.78. The molecule has 2 amide bonds. The van der Waals surface area contributed by atoms with Gasteiger partial charge in [-0.25, -0.2) is 8.42 Å². The second kappa shape index (κ2) is 12.1. The Bertz CT molecular complexity index is 1290. The van der Waals surface area contributed by atoms with Gasteiger partial charge in [-0.1, -0.05) is 74.5 Å². The zero-order chi connectivity index (χ0) is 26.3. The summed E-state index contributed by atoms with van der Waals surface area (Å²) in [6.07, 6.45) is 0.551. The molecule has 0 fully saturated rings. The maximum Gasteiger partial charge on any atom is 0.243 e. The zero-order valence-electron chi connectivity index (χ0n) is 21.3. The summed E-state index contributed by atoms with van der Waals surface area (Å²) in [6, 6.07) is 21.4. The Hall–Kier alpha value is -3.23. The number of hydrogen-bond acceptors (Lipinski definition) is 4. The van der Waals surface area contributed by atoms with Crippen LogP contribution in [0.4, 0.5) is 0 Å². The van der Waals surface area contributed by atoms with E-state index in [2.05, 4.69) is 5.32 Å². The summed E-state index contributed by atoms with van der Waals surface area (Å²) in [5, 5.41) is 4.61. The van der Waals surface area contributed by atoms with E-state index < -0.39 is 22.0 Å². The summed E-state index contributed by atoms with van der Waals surface area (Å²) in [7, 11) is -2.52. The van der Waals surface area contributed by atoms with Gasteiger partial charge in [-0.05, 0) is 47.7 Å². The first-order chi connectivity index (χ1) is 17.1. The molecule has 0 heterocycles. The minimum atomic E-state index is -3.91. The lowest BCUT2D eigenvalue weighted by atomic mass is 10.1. The molecule has 0 aliphatic heterocycles. The number of carbonyl (C=O) groups excluding carboxylic acids is 2. The van der Waals surface area contributed by atoms with Crippen molar-refractivity contribution in [3.8, 4) is 0 Å². The van der Waals surface area contributed by atoms with Crippen molar-refractivity contribution in [1.82, 2.24) is 14.5 Å². The van der Waals surface area contributed by atoms with Crippen molar-refractivity contribution in [2.75, 3.05) is 26.7 Å². The first-order valence-corrected chi connectivity index (χ1v) is 13.6. The SMILES string of the molecule is CC(C)CNC(=O)C(C)N(CCc1ccccc1)C(=O)CN(C)S(=O)(=O)c1ccc2ccccc2c1. The molecule has 0 saturated heterocycles. The van der Waals surface area contributed by atoms with Crippen LogP contribution in [0.1, 0.15) is 26.3 Å². The predicted octanol–water partition coefficient (Wildman–Crippen LogP) is 3.69. The van der Waals surface area contributed by atoms with Gasteiger partial charge in [0.2, 0.25) is 21.8 Å². The standard InChI is InChI=1S/C28H35N3O4S/c1-21(2)19-29-28(33)22(3)31(17-16-23-10-6-5-7-11-23)27(32)20-30(4)36(34,35)26-15-14-24-12-8-9-13-25(24)18-26/h5-15,18,21-22H,16-17,19-20H2,1-4H3,(H,29,33). The van der Waals surface area contributed by atoms with Crippen molar-refractivity contribution >= 4 is 32.6 Å². The van der Waals surface area contributed by atoms with Crippen LogP contribution >= 0.6 is 0 Å². The maximum absolute atomic E-state index is 13.4. The van der Waals surface area contributed by atoms with Crippen LogP contribution in [0.2, 0.25) is 0 Å². The Morgan fingerprint density at radius 2 is 1.53 bits per heavy atom. The average Bonchev–Trinajstić information content (AvgIpc) is 2.87. The molecule has 1 unspecified atom stereocenters. The molecule has 0 radical (unpaired) electrons. The third kappa shape index (κ3) is 6.92. The third-order valence-electron chi connectivity index (χ3n) is 6.12. The second-order valence-electron chi connectivity index (χ2n) is 9.41. The van der Waals surface area contributed by atoms with E-state index in [1.807, 2.05) is 68.4 Å². The van der Waals surface area contributed by atoms with Crippen LogP contribution in [0.3, 0.4) is 0 Å². The number of amides is 2. The first-order valence-electron chi connectivity index (χ1n) is 12.2. The van der Waals surface area contributed by atoms with Crippen LogP contribution in [0.25, 0.3) is 10.8 Å². The summed E-state index contributed by atoms with van der Waals surface area (Å²) in [5.74, 6) is -0.414. The summed E-state index contributed by atoms with van der Waals surface area (Å²) in [4.78, 5) is 27.8. The molecule has 0 spiro atoms. The van der Waals surface area contributed by atoms with E-state index in [0.29, 0.717) is 19.5 Å². The van der Waals surface area contributed by atoms with E-state index in [0.717, 1.165) is 20.6 Å². The summed E-state index contributed by atoms with van der Waals surface area (Å²) in [5.41, 5.74) is 1.03. The number of sulfonamides is 1. The fourth-order valence-electron chi connectivity index (χ4n) is 3.90. The Morgan fingerprint density at radius 1 is 0.889 bits per heavy atom. The van der Waals surface area contributed by atoms with Crippen LogP contribution in [0, 0.1) is 5.92 Å². The number of nitrogens with zero attached hydrogens (tertiary/aromatic N) is 2. The molecule has 0 aliphatic carbocycles. The van der Waals surface area contributed by atoms with Crippen molar-refractivity contribution in [2.24, 2.45) is 5.92 Å². The van der Waals surface area contributed by atoms with Gasteiger partial charge in [-0.15, -0.1) is 0 Å². The number of hydrogen-bond donors (Lipinski definition) is 1. The number of nitrogens with one attached hydrogen (secondary N) is 1. The lowest BCUT2D eigenvalue weighted by molar-refractivity contribution is -0.139. The Kier molecular flexibility index (Phi) is 9.23. The molecular formula is C28H35N3O4S. The number of fused-ring (bicyclic) bond motifs is 1. The lowest BCUT2D eigenvalue weighted by Crippen LogP contribution is -2.52. The molecule has 1 atom stereocenters. The highest BCUT2D eigenvalue weighted by atomic mass is 32.2. The first kappa shape index (κ1) is 27.4. The summed E-state index contributed by atoms with van der Waals surface area (Å²) in [6.45, 7) is 6.09. The van der Waals surface area contributed by atoms with E-state index in [4.69, 9.17) is 0 Å². The molecular weight excluding hydrogens is 474 g/mol. The molecule has 0 bridgehead atoms. The molecule has 0 aliphatic rings. The minimum absolute atomic E-state index is 0.120. The molecule has 1 N–H and O–H groups in total. The molecule has 3 rings (SSSR count). The van der Waals surface area contributed by atoms with Gasteiger partial charge in [0, 0.05) is 20.1 Å². The molecule has 3 aromatic rings. The van der Waals surface area contributed by atoms with Crippen LogP contribution in [-0.2, 0) is 26.0 Å². The molecule has 0 aromatic heterocycles. The van der Waals surface area contributed by atoms with Gasteiger partial charge in [0.25, 0.3) is 0 Å². The second-order valence-corrected chi connectivity index (χ2v) is 11.5. The van der Waals surface area contributed by atoms with Gasteiger partial charge < -0.3 is 10.2 Å². The monoisotopic (exact) mass is 509 g/mol. The third-order valence-corrected chi connectivity index (χ3v) is 7.92. The zero-order valence-corrected chi connectivity index (χ0v) is 22.2. The van der Waals surface area contributed by atoms with Crippen LogP contribution in [0.15, 0.2) is 77.7 Å². The maximum atomic E-state index is 13.4.